The van der Waals surface area contributed by atoms with Crippen LogP contribution in [0.3, 0.4) is 0 Å². The van der Waals surface area contributed by atoms with E-state index in [1.807, 2.05) is 72.8 Å². The summed E-state index contributed by atoms with van der Waals surface area (Å²) in [6, 6.07) is 35.6. The second-order valence-electron chi connectivity index (χ2n) is 9.95. The zero-order valence-electron chi connectivity index (χ0n) is 22.4. The van der Waals surface area contributed by atoms with Crippen LogP contribution in [0.1, 0.15) is 21.5 Å². The molecule has 0 saturated heterocycles. The minimum Gasteiger partial charge on any atom is -0.497 e. The standard InChI is InChI=1S/C34H28N2O4S/c1-40-27-17-14-23(15-18-27)24-16-19-29-32(20-24)36(31-13-7-12-30(33(29)31)34(35)37)21-25-8-5-6-9-26(25)22-41(38,39)28-10-3-2-4-11-28/h2-20H,21-22H2,1H3,(H2,35,37). The first-order valence-corrected chi connectivity index (χ1v) is 14.8. The number of fused-ring (bicyclic) bond motifs is 3. The first kappa shape index (κ1) is 26.3. The van der Waals surface area contributed by atoms with E-state index in [0.29, 0.717) is 17.0 Å². The summed E-state index contributed by atoms with van der Waals surface area (Å²) in [4.78, 5) is 12.7. The number of benzene rings is 5. The molecule has 0 aliphatic carbocycles. The third kappa shape index (κ3) is 4.96. The highest BCUT2D eigenvalue weighted by molar-refractivity contribution is 7.90. The van der Waals surface area contributed by atoms with Gasteiger partial charge < -0.3 is 15.0 Å². The highest BCUT2D eigenvalue weighted by Gasteiger charge is 2.20. The lowest BCUT2D eigenvalue weighted by atomic mass is 10.0. The monoisotopic (exact) mass is 560 g/mol. The Labute approximate surface area is 238 Å². The van der Waals surface area contributed by atoms with Crippen LogP contribution < -0.4 is 10.5 Å². The summed E-state index contributed by atoms with van der Waals surface area (Å²) in [5.74, 6) is 0.161. The number of methoxy groups -OCH3 is 1. The minimum atomic E-state index is -3.55. The van der Waals surface area contributed by atoms with Crippen LogP contribution in [-0.4, -0.2) is 26.0 Å². The van der Waals surface area contributed by atoms with Gasteiger partial charge in [-0.3, -0.25) is 4.79 Å². The molecule has 1 amide bonds. The number of nitrogens with zero attached hydrogens (tertiary/aromatic N) is 1. The van der Waals surface area contributed by atoms with Crippen molar-refractivity contribution in [2.24, 2.45) is 5.73 Å². The van der Waals surface area contributed by atoms with Crippen LogP contribution in [0.25, 0.3) is 32.9 Å². The third-order valence-electron chi connectivity index (χ3n) is 7.47. The van der Waals surface area contributed by atoms with Gasteiger partial charge >= 0.3 is 0 Å². The van der Waals surface area contributed by atoms with Crippen molar-refractivity contribution in [1.29, 1.82) is 0 Å². The van der Waals surface area contributed by atoms with E-state index in [1.165, 1.54) is 0 Å². The topological polar surface area (TPSA) is 91.4 Å². The summed E-state index contributed by atoms with van der Waals surface area (Å²) >= 11 is 0. The molecule has 6 rings (SSSR count). The summed E-state index contributed by atoms with van der Waals surface area (Å²) in [5.41, 5.74) is 11.7. The molecule has 0 fully saturated rings. The van der Waals surface area contributed by atoms with Gasteiger partial charge in [-0.2, -0.15) is 0 Å². The second kappa shape index (κ2) is 10.6. The Bertz CT molecular complexity index is 2010. The van der Waals surface area contributed by atoms with Crippen LogP contribution in [0.2, 0.25) is 0 Å². The molecule has 0 atom stereocenters. The number of primary amides is 1. The number of carbonyl (C=O) groups is 1. The SMILES string of the molecule is COc1ccc(-c2ccc3c4c(C(N)=O)cccc4n(Cc4ccccc4CS(=O)(=O)c4ccccc4)c3c2)cc1. The number of sulfone groups is 1. The maximum Gasteiger partial charge on any atom is 0.249 e. The molecular weight excluding hydrogens is 532 g/mol. The van der Waals surface area contributed by atoms with E-state index in [-0.39, 0.29) is 5.75 Å². The van der Waals surface area contributed by atoms with E-state index in [1.54, 1.807) is 43.5 Å². The number of amides is 1. The third-order valence-corrected chi connectivity index (χ3v) is 9.16. The van der Waals surface area contributed by atoms with E-state index < -0.39 is 15.7 Å². The molecular formula is C34H28N2O4S. The maximum absolute atomic E-state index is 13.3. The molecule has 0 aliphatic rings. The Morgan fingerprint density at radius 3 is 2.15 bits per heavy atom. The fourth-order valence-corrected chi connectivity index (χ4v) is 6.85. The van der Waals surface area contributed by atoms with Crippen molar-refractivity contribution in [3.8, 4) is 16.9 Å². The normalized spacial score (nSPS) is 11.6. The van der Waals surface area contributed by atoms with Crippen molar-refractivity contribution in [3.05, 3.63) is 132 Å². The molecule has 204 valence electrons. The van der Waals surface area contributed by atoms with Gasteiger partial charge in [0, 0.05) is 22.9 Å². The molecule has 0 aliphatic heterocycles. The summed E-state index contributed by atoms with van der Waals surface area (Å²) < 4.78 is 34.0. The van der Waals surface area contributed by atoms with Crippen LogP contribution in [0.4, 0.5) is 0 Å². The molecule has 6 aromatic rings. The fraction of sp³-hybridized carbons (Fsp3) is 0.0882. The van der Waals surface area contributed by atoms with Crippen LogP contribution in [-0.2, 0) is 22.1 Å². The van der Waals surface area contributed by atoms with E-state index >= 15 is 0 Å². The second-order valence-corrected chi connectivity index (χ2v) is 11.9. The summed E-state index contributed by atoms with van der Waals surface area (Å²) in [6.07, 6.45) is 0. The maximum atomic E-state index is 13.3. The first-order valence-electron chi connectivity index (χ1n) is 13.2. The van der Waals surface area contributed by atoms with Crippen molar-refractivity contribution < 1.29 is 17.9 Å². The molecule has 7 heteroatoms. The molecule has 0 bridgehead atoms. The minimum absolute atomic E-state index is 0.117. The molecule has 41 heavy (non-hydrogen) atoms. The molecule has 0 spiro atoms. The summed E-state index contributed by atoms with van der Waals surface area (Å²) in [7, 11) is -1.91. The number of carbonyl (C=O) groups excluding carboxylic acids is 1. The summed E-state index contributed by atoms with van der Waals surface area (Å²) in [5, 5.41) is 1.69. The average molecular weight is 561 g/mol. The lowest BCUT2D eigenvalue weighted by Crippen LogP contribution is -2.11. The Morgan fingerprint density at radius 1 is 0.756 bits per heavy atom. The summed E-state index contributed by atoms with van der Waals surface area (Å²) in [6.45, 7) is 0.411. The average Bonchev–Trinajstić information content (AvgIpc) is 3.31. The van der Waals surface area contributed by atoms with E-state index in [4.69, 9.17) is 10.5 Å². The molecule has 0 radical (unpaired) electrons. The van der Waals surface area contributed by atoms with Gasteiger partial charge in [0.2, 0.25) is 5.91 Å². The molecule has 2 N–H and O–H groups in total. The van der Waals surface area contributed by atoms with Gasteiger partial charge in [-0.25, -0.2) is 8.42 Å². The van der Waals surface area contributed by atoms with Crippen molar-refractivity contribution in [1.82, 2.24) is 4.57 Å². The molecule has 1 aromatic heterocycles. The van der Waals surface area contributed by atoms with Gasteiger partial charge in [0.1, 0.15) is 5.75 Å². The van der Waals surface area contributed by atoms with Gasteiger partial charge in [-0.05, 0) is 64.7 Å². The van der Waals surface area contributed by atoms with Crippen LogP contribution in [0.15, 0.2) is 120 Å². The quantitative estimate of drug-likeness (QED) is 0.227. The predicted octanol–water partition coefficient (Wildman–Crippen LogP) is 6.59. The molecule has 6 nitrogen and oxygen atoms in total. The number of aromatic nitrogens is 1. The fourth-order valence-electron chi connectivity index (χ4n) is 5.42. The van der Waals surface area contributed by atoms with Crippen molar-refractivity contribution in [3.63, 3.8) is 0 Å². The zero-order valence-corrected chi connectivity index (χ0v) is 23.3. The van der Waals surface area contributed by atoms with Gasteiger partial charge in [0.15, 0.2) is 9.84 Å². The largest absolute Gasteiger partial charge is 0.497 e. The smallest absolute Gasteiger partial charge is 0.249 e. The molecule has 1 heterocycles. The van der Waals surface area contributed by atoms with E-state index in [9.17, 15) is 13.2 Å². The predicted molar refractivity (Wildman–Crippen MR) is 163 cm³/mol. The highest BCUT2D eigenvalue weighted by Crippen LogP contribution is 2.36. The van der Waals surface area contributed by atoms with Crippen LogP contribution in [0.5, 0.6) is 5.75 Å². The Morgan fingerprint density at radius 2 is 1.44 bits per heavy atom. The zero-order chi connectivity index (χ0) is 28.6. The van der Waals surface area contributed by atoms with E-state index in [2.05, 4.69) is 10.6 Å². The molecule has 0 unspecified atom stereocenters. The lowest BCUT2D eigenvalue weighted by Gasteiger charge is -2.14. The number of hydrogen-bond donors (Lipinski definition) is 1. The highest BCUT2D eigenvalue weighted by atomic mass is 32.2. The molecule has 0 saturated carbocycles. The Kier molecular flexibility index (Phi) is 6.81. The first-order chi connectivity index (χ1) is 19.9. The number of nitrogens with two attached hydrogens (primary N) is 1. The number of rotatable bonds is 8. The van der Waals surface area contributed by atoms with Crippen molar-refractivity contribution in [2.75, 3.05) is 7.11 Å². The van der Waals surface area contributed by atoms with Crippen LogP contribution >= 0.6 is 0 Å². The van der Waals surface area contributed by atoms with Crippen molar-refractivity contribution in [2.45, 2.75) is 17.2 Å². The Hall–Kier alpha value is -4.88. The van der Waals surface area contributed by atoms with Gasteiger partial charge in [0.25, 0.3) is 0 Å². The van der Waals surface area contributed by atoms with Gasteiger partial charge in [-0.15, -0.1) is 0 Å². The van der Waals surface area contributed by atoms with Crippen molar-refractivity contribution >= 4 is 37.6 Å². The number of ether oxygens (including phenoxy) is 1. The molecule has 5 aromatic carbocycles. The van der Waals surface area contributed by atoms with E-state index in [0.717, 1.165) is 49.8 Å². The number of hydrogen-bond acceptors (Lipinski definition) is 4. The van der Waals surface area contributed by atoms with Crippen LogP contribution in [0, 0.1) is 0 Å². The Balaban J connectivity index is 1.51. The van der Waals surface area contributed by atoms with Gasteiger partial charge in [0.05, 0.1) is 28.8 Å². The lowest BCUT2D eigenvalue weighted by molar-refractivity contribution is 0.100. The van der Waals surface area contributed by atoms with Gasteiger partial charge in [-0.1, -0.05) is 72.8 Å².